The lowest BCUT2D eigenvalue weighted by Crippen LogP contribution is -2.58. The minimum Gasteiger partial charge on any atom is -0.461 e. The Morgan fingerprint density at radius 1 is 1.43 bits per heavy atom. The fourth-order valence-electron chi connectivity index (χ4n) is 2.58. The quantitative estimate of drug-likeness (QED) is 0.546. The third-order valence-corrected chi connectivity index (χ3v) is 4.56. The van der Waals surface area contributed by atoms with Gasteiger partial charge in [0.05, 0.1) is 12.1 Å². The Morgan fingerprint density at radius 3 is 2.90 bits per heavy atom. The average molecular weight is 403 g/mol. The van der Waals surface area contributed by atoms with Gasteiger partial charge in [-0.15, -0.1) is 0 Å². The maximum atomic E-state index is 12.8. The van der Waals surface area contributed by atoms with Crippen molar-refractivity contribution in [3.05, 3.63) is 33.4 Å². The highest BCUT2D eigenvalue weighted by Gasteiger charge is 2.49. The Kier molecular flexibility index (Phi) is 4.14. The van der Waals surface area contributed by atoms with Crippen LogP contribution in [0.5, 0.6) is 0 Å². The normalized spacial score (nSPS) is 28.2. The van der Waals surface area contributed by atoms with E-state index in [0.717, 1.165) is 3.57 Å². The van der Waals surface area contributed by atoms with E-state index in [9.17, 15) is 9.59 Å². The summed E-state index contributed by atoms with van der Waals surface area (Å²) in [4.78, 5) is 26.2. The number of methoxy groups -OCH3 is 1. The van der Waals surface area contributed by atoms with E-state index in [-0.39, 0.29) is 19.1 Å². The molecule has 1 aromatic rings. The molecule has 0 saturated carbocycles. The molecule has 1 aromatic carbocycles. The zero-order valence-electron chi connectivity index (χ0n) is 11.3. The number of carbonyl (C=O) groups is 2. The monoisotopic (exact) mass is 403 g/mol. The number of ether oxygens (including phenoxy) is 3. The molecule has 0 bridgehead atoms. The number of nitrogens with zero attached hydrogens (tertiary/aromatic N) is 1. The van der Waals surface area contributed by atoms with Gasteiger partial charge in [-0.2, -0.15) is 0 Å². The molecule has 2 heterocycles. The van der Waals surface area contributed by atoms with Crippen molar-refractivity contribution in [3.63, 3.8) is 0 Å². The van der Waals surface area contributed by atoms with Gasteiger partial charge in [-0.1, -0.05) is 12.1 Å². The molecule has 7 heteroatoms. The van der Waals surface area contributed by atoms with Crippen molar-refractivity contribution in [3.8, 4) is 0 Å². The Morgan fingerprint density at radius 2 is 2.19 bits per heavy atom. The molecule has 0 aromatic heterocycles. The first-order valence-electron chi connectivity index (χ1n) is 6.52. The molecular weight excluding hydrogens is 389 g/mol. The predicted octanol–water partition coefficient (Wildman–Crippen LogP) is 1.03. The van der Waals surface area contributed by atoms with Crippen LogP contribution in [0.15, 0.2) is 24.3 Å². The minimum atomic E-state index is -0.695. The van der Waals surface area contributed by atoms with Crippen LogP contribution in [0.3, 0.4) is 0 Å². The molecule has 3 rings (SSSR count). The third kappa shape index (κ3) is 2.65. The van der Waals surface area contributed by atoms with Crippen LogP contribution in [-0.4, -0.2) is 55.5 Å². The van der Waals surface area contributed by atoms with Gasteiger partial charge in [-0.05, 0) is 34.7 Å². The van der Waals surface area contributed by atoms with Crippen molar-refractivity contribution in [2.45, 2.75) is 18.4 Å². The van der Waals surface area contributed by atoms with E-state index < -0.39 is 24.4 Å². The lowest BCUT2D eigenvalue weighted by Gasteiger charge is -2.38. The molecular formula is C14H14INO5. The number of amides is 1. The smallest absolute Gasteiger partial charge is 0.331 e. The van der Waals surface area contributed by atoms with Crippen LogP contribution in [-0.2, 0) is 19.0 Å². The van der Waals surface area contributed by atoms with Gasteiger partial charge in [0.25, 0.3) is 5.91 Å². The van der Waals surface area contributed by atoms with Gasteiger partial charge in [0, 0.05) is 10.7 Å². The van der Waals surface area contributed by atoms with Gasteiger partial charge in [0.15, 0.2) is 12.3 Å². The molecule has 2 aliphatic rings. The molecule has 0 unspecified atom stereocenters. The Hall–Kier alpha value is -1.19. The first-order chi connectivity index (χ1) is 10.1. The van der Waals surface area contributed by atoms with Crippen LogP contribution >= 0.6 is 22.6 Å². The van der Waals surface area contributed by atoms with Crippen molar-refractivity contribution in [2.75, 3.05) is 20.3 Å². The standard InChI is InChI=1S/C14H14INO5/c1-19-11-6-16(12-10(21-11)7-20-14(12)18)13(17)8-4-2-3-5-9(8)15/h2-5,10-12H,6-7H2,1H3/t10-,11-,12-/m1/s1. The van der Waals surface area contributed by atoms with E-state index >= 15 is 0 Å². The first kappa shape index (κ1) is 14.7. The van der Waals surface area contributed by atoms with Gasteiger partial charge in [0.1, 0.15) is 12.7 Å². The van der Waals surface area contributed by atoms with Crippen LogP contribution in [0, 0.1) is 3.57 Å². The molecule has 1 amide bonds. The van der Waals surface area contributed by atoms with E-state index in [1.807, 2.05) is 12.1 Å². The number of halogens is 1. The minimum absolute atomic E-state index is 0.152. The number of morpholine rings is 1. The summed E-state index contributed by atoms with van der Waals surface area (Å²) in [7, 11) is 1.51. The Bertz CT molecular complexity index is 578. The topological polar surface area (TPSA) is 65.1 Å². The molecule has 2 saturated heterocycles. The summed E-state index contributed by atoms with van der Waals surface area (Å²) >= 11 is 2.11. The lowest BCUT2D eigenvalue weighted by atomic mass is 10.1. The second kappa shape index (κ2) is 5.90. The van der Waals surface area contributed by atoms with Gasteiger partial charge in [-0.3, -0.25) is 4.79 Å². The summed E-state index contributed by atoms with van der Waals surface area (Å²) in [6.07, 6.45) is -1.02. The van der Waals surface area contributed by atoms with E-state index in [1.165, 1.54) is 12.0 Å². The third-order valence-electron chi connectivity index (χ3n) is 3.62. The van der Waals surface area contributed by atoms with E-state index in [1.54, 1.807) is 12.1 Å². The van der Waals surface area contributed by atoms with Crippen molar-refractivity contribution < 1.29 is 23.8 Å². The van der Waals surface area contributed by atoms with Crippen molar-refractivity contribution in [2.24, 2.45) is 0 Å². The fraction of sp³-hybridized carbons (Fsp3) is 0.429. The van der Waals surface area contributed by atoms with E-state index in [4.69, 9.17) is 14.2 Å². The van der Waals surface area contributed by atoms with Crippen molar-refractivity contribution >= 4 is 34.5 Å². The number of cyclic esters (lactones) is 1. The predicted molar refractivity (Wildman–Crippen MR) is 80.6 cm³/mol. The summed E-state index contributed by atoms with van der Waals surface area (Å²) in [6, 6.07) is 6.57. The maximum Gasteiger partial charge on any atom is 0.331 e. The van der Waals surface area contributed by atoms with E-state index in [2.05, 4.69) is 22.6 Å². The Labute approximate surface area is 135 Å². The number of hydrogen-bond donors (Lipinski definition) is 0. The van der Waals surface area contributed by atoms with Gasteiger partial charge in [-0.25, -0.2) is 4.79 Å². The van der Waals surface area contributed by atoms with Crippen LogP contribution in [0.2, 0.25) is 0 Å². The highest BCUT2D eigenvalue weighted by atomic mass is 127. The molecule has 2 aliphatic heterocycles. The second-order valence-corrected chi connectivity index (χ2v) is 6.01. The lowest BCUT2D eigenvalue weighted by molar-refractivity contribution is -0.199. The number of hydrogen-bond acceptors (Lipinski definition) is 5. The summed E-state index contributed by atoms with van der Waals surface area (Å²) in [5.41, 5.74) is 0.563. The molecule has 0 aliphatic carbocycles. The van der Waals surface area contributed by atoms with E-state index in [0.29, 0.717) is 5.56 Å². The average Bonchev–Trinajstić information content (AvgIpc) is 2.87. The van der Waals surface area contributed by atoms with Crippen molar-refractivity contribution in [1.82, 2.24) is 4.90 Å². The molecule has 0 N–H and O–H groups in total. The number of rotatable bonds is 2. The zero-order chi connectivity index (χ0) is 15.0. The Balaban J connectivity index is 1.92. The summed E-state index contributed by atoms with van der Waals surface area (Å²) in [5, 5.41) is 0. The molecule has 6 nitrogen and oxygen atoms in total. The molecule has 0 spiro atoms. The van der Waals surface area contributed by atoms with Crippen molar-refractivity contribution in [1.29, 1.82) is 0 Å². The number of esters is 1. The molecule has 0 radical (unpaired) electrons. The highest BCUT2D eigenvalue weighted by molar-refractivity contribution is 14.1. The first-order valence-corrected chi connectivity index (χ1v) is 7.60. The fourth-order valence-corrected chi connectivity index (χ4v) is 3.19. The number of carbonyl (C=O) groups excluding carboxylic acids is 2. The van der Waals surface area contributed by atoms with Gasteiger partial charge < -0.3 is 19.1 Å². The number of benzene rings is 1. The van der Waals surface area contributed by atoms with Crippen LogP contribution < -0.4 is 0 Å². The SMILES string of the molecule is CO[C@H]1CN(C(=O)c2ccccc2I)[C@H]2C(=O)OC[C@H]2O1. The molecule has 21 heavy (non-hydrogen) atoms. The van der Waals surface area contributed by atoms with Crippen LogP contribution in [0.1, 0.15) is 10.4 Å². The summed E-state index contributed by atoms with van der Waals surface area (Å²) in [5.74, 6) is -0.631. The highest BCUT2D eigenvalue weighted by Crippen LogP contribution is 2.27. The summed E-state index contributed by atoms with van der Waals surface area (Å²) in [6.45, 7) is 0.357. The zero-order valence-corrected chi connectivity index (χ0v) is 13.5. The van der Waals surface area contributed by atoms with Crippen LogP contribution in [0.25, 0.3) is 0 Å². The second-order valence-electron chi connectivity index (χ2n) is 4.85. The van der Waals surface area contributed by atoms with Crippen LogP contribution in [0.4, 0.5) is 0 Å². The molecule has 112 valence electrons. The van der Waals surface area contributed by atoms with Gasteiger partial charge in [0.2, 0.25) is 0 Å². The van der Waals surface area contributed by atoms with Gasteiger partial charge >= 0.3 is 5.97 Å². The summed E-state index contributed by atoms with van der Waals surface area (Å²) < 4.78 is 16.7. The number of fused-ring (bicyclic) bond motifs is 1. The molecule has 2 fully saturated rings. The largest absolute Gasteiger partial charge is 0.461 e. The maximum absolute atomic E-state index is 12.8. The molecule has 3 atom stereocenters.